The Hall–Kier alpha value is -1.44. The Bertz CT molecular complexity index is 892. The highest BCUT2D eigenvalue weighted by Gasteiger charge is 2.34. The maximum atomic E-state index is 13.9. The predicted molar refractivity (Wildman–Crippen MR) is 94.8 cm³/mol. The number of ether oxygens (including phenoxy) is 1. The van der Waals surface area contributed by atoms with E-state index in [9.17, 15) is 27.2 Å². The van der Waals surface area contributed by atoms with E-state index in [1.54, 1.807) is 19.1 Å². The fourth-order valence-corrected chi connectivity index (χ4v) is 4.23. The number of aryl methyl sites for hydroxylation is 1. The number of carbonyl (C=O) groups excluding carboxylic acids is 1. The van der Waals surface area contributed by atoms with E-state index in [0.29, 0.717) is 9.13 Å². The summed E-state index contributed by atoms with van der Waals surface area (Å²) in [5, 5.41) is 8.94. The van der Waals surface area contributed by atoms with Crippen LogP contribution in [0.1, 0.15) is 26.3 Å². The molecule has 2 aromatic rings. The lowest BCUT2D eigenvalue weighted by Gasteiger charge is -2.13. The number of hydrogen-bond acceptors (Lipinski definition) is 3. The number of carboxylic acids is 1. The largest absolute Gasteiger partial charge is 0.478 e. The number of hydrogen-bond donors (Lipinski definition) is 1. The van der Waals surface area contributed by atoms with Crippen LogP contribution in [0.4, 0.5) is 17.6 Å². The maximum Gasteiger partial charge on any atom is 0.347 e. The number of esters is 1. The van der Waals surface area contributed by atoms with Crippen LogP contribution in [-0.2, 0) is 0 Å². The molecule has 0 spiro atoms. The third-order valence-corrected chi connectivity index (χ3v) is 4.50. The van der Waals surface area contributed by atoms with Crippen molar-refractivity contribution in [2.75, 3.05) is 0 Å². The highest BCUT2D eigenvalue weighted by atomic mass is 127. The second-order valence-corrected chi connectivity index (χ2v) is 7.14. The van der Waals surface area contributed by atoms with Crippen LogP contribution in [0.3, 0.4) is 0 Å². The molecule has 0 amide bonds. The van der Waals surface area contributed by atoms with Gasteiger partial charge < -0.3 is 9.84 Å². The van der Waals surface area contributed by atoms with Gasteiger partial charge in [-0.15, -0.1) is 0 Å². The molecule has 25 heavy (non-hydrogen) atoms. The van der Waals surface area contributed by atoms with Crippen LogP contribution in [0.25, 0.3) is 0 Å². The van der Waals surface area contributed by atoms with Gasteiger partial charge in [-0.25, -0.2) is 27.2 Å². The van der Waals surface area contributed by atoms with E-state index in [-0.39, 0.29) is 5.75 Å². The highest BCUT2D eigenvalue weighted by molar-refractivity contribution is 14.1. The lowest BCUT2D eigenvalue weighted by atomic mass is 10.1. The second kappa shape index (κ2) is 7.43. The zero-order chi connectivity index (χ0) is 19.0. The first-order valence-electron chi connectivity index (χ1n) is 6.33. The predicted octanol–water partition coefficient (Wildman–Crippen LogP) is 4.68. The molecule has 2 aromatic carbocycles. The average molecular weight is 580 g/mol. The summed E-state index contributed by atoms with van der Waals surface area (Å²) < 4.78 is 60.4. The first-order chi connectivity index (χ1) is 11.6. The fraction of sp³-hybridized carbons (Fsp3) is 0.0667. The SMILES string of the molecule is Cc1cc(I)cc(I)c1OC(=O)c1c(F)c(F)c(F)c(F)c1C(=O)O. The molecule has 1 N–H and O–H groups in total. The molecule has 0 aromatic heterocycles. The van der Waals surface area contributed by atoms with Gasteiger partial charge >= 0.3 is 11.9 Å². The molecule has 0 heterocycles. The Morgan fingerprint density at radius 3 is 1.96 bits per heavy atom. The molecule has 2 rings (SSSR count). The zero-order valence-electron chi connectivity index (χ0n) is 12.1. The molecule has 0 aliphatic carbocycles. The van der Waals surface area contributed by atoms with Gasteiger partial charge in [0.15, 0.2) is 23.3 Å². The van der Waals surface area contributed by atoms with Crippen molar-refractivity contribution in [1.82, 2.24) is 0 Å². The minimum atomic E-state index is -2.33. The number of carboxylic acid groups (broad SMARTS) is 1. The van der Waals surface area contributed by atoms with Gasteiger partial charge in [-0.2, -0.15) is 0 Å². The quantitative estimate of drug-likeness (QED) is 0.143. The first kappa shape index (κ1) is 19.9. The molecule has 0 aliphatic heterocycles. The van der Waals surface area contributed by atoms with Gasteiger partial charge in [-0.3, -0.25) is 0 Å². The van der Waals surface area contributed by atoms with Gasteiger partial charge in [0, 0.05) is 3.57 Å². The normalized spacial score (nSPS) is 10.7. The molecule has 0 fully saturated rings. The van der Waals surface area contributed by atoms with Crippen LogP contribution in [0, 0.1) is 37.3 Å². The van der Waals surface area contributed by atoms with Crippen molar-refractivity contribution in [1.29, 1.82) is 0 Å². The molecule has 0 atom stereocenters. The summed E-state index contributed by atoms with van der Waals surface area (Å²) >= 11 is 3.81. The maximum absolute atomic E-state index is 13.9. The summed E-state index contributed by atoms with van der Waals surface area (Å²) in [5.41, 5.74) is -2.72. The Morgan fingerprint density at radius 1 is 0.960 bits per heavy atom. The van der Waals surface area contributed by atoms with Crippen molar-refractivity contribution in [2.24, 2.45) is 0 Å². The van der Waals surface area contributed by atoms with Gasteiger partial charge in [0.05, 0.1) is 3.57 Å². The summed E-state index contributed by atoms with van der Waals surface area (Å²) in [6.07, 6.45) is 0. The van der Waals surface area contributed by atoms with Gasteiger partial charge in [0.2, 0.25) is 0 Å². The Kier molecular flexibility index (Phi) is 5.91. The van der Waals surface area contributed by atoms with Crippen molar-refractivity contribution in [3.05, 3.63) is 59.2 Å². The lowest BCUT2D eigenvalue weighted by molar-refractivity contribution is 0.0655. The standard InChI is InChI=1S/C15H6F4I2O4/c1-4-2-5(20)3-6(21)13(4)25-15(24)8-7(14(22)23)9(16)11(18)12(19)10(8)17/h2-3H,1H3,(H,22,23). The Labute approximate surface area is 165 Å². The summed E-state index contributed by atoms with van der Waals surface area (Å²) in [5.74, 6) is -12.8. The van der Waals surface area contributed by atoms with Gasteiger partial charge in [-0.05, 0) is 69.8 Å². The Balaban J connectivity index is 2.63. The second-order valence-electron chi connectivity index (χ2n) is 4.73. The van der Waals surface area contributed by atoms with Crippen molar-refractivity contribution in [3.63, 3.8) is 0 Å². The summed E-state index contributed by atoms with van der Waals surface area (Å²) in [6.45, 7) is 1.56. The van der Waals surface area contributed by atoms with Crippen LogP contribution in [0.2, 0.25) is 0 Å². The molecule has 132 valence electrons. The van der Waals surface area contributed by atoms with Crippen LogP contribution >= 0.6 is 45.2 Å². The molecule has 0 saturated heterocycles. The highest BCUT2D eigenvalue weighted by Crippen LogP contribution is 2.30. The van der Waals surface area contributed by atoms with E-state index in [1.165, 1.54) is 0 Å². The van der Waals surface area contributed by atoms with Gasteiger partial charge in [-0.1, -0.05) is 0 Å². The van der Waals surface area contributed by atoms with Crippen molar-refractivity contribution in [3.8, 4) is 5.75 Å². The third kappa shape index (κ3) is 3.73. The molecule has 0 bridgehead atoms. The molecule has 0 saturated carbocycles. The number of aromatic carboxylic acids is 1. The van der Waals surface area contributed by atoms with Crippen molar-refractivity contribution in [2.45, 2.75) is 6.92 Å². The van der Waals surface area contributed by atoms with E-state index in [4.69, 9.17) is 9.84 Å². The average Bonchev–Trinajstić information content (AvgIpc) is 2.51. The molecule has 0 unspecified atom stereocenters. The number of rotatable bonds is 3. The molecule has 10 heteroatoms. The van der Waals surface area contributed by atoms with E-state index in [1.807, 2.05) is 45.2 Å². The van der Waals surface area contributed by atoms with Crippen molar-refractivity contribution >= 4 is 57.1 Å². The van der Waals surface area contributed by atoms with Crippen LogP contribution in [0.5, 0.6) is 5.75 Å². The van der Waals surface area contributed by atoms with Crippen LogP contribution in [0.15, 0.2) is 12.1 Å². The van der Waals surface area contributed by atoms with Crippen molar-refractivity contribution < 1.29 is 37.0 Å². The molecule has 4 nitrogen and oxygen atoms in total. The van der Waals surface area contributed by atoms with E-state index >= 15 is 0 Å². The summed E-state index contributed by atoms with van der Waals surface area (Å²) in [4.78, 5) is 23.3. The minimum Gasteiger partial charge on any atom is -0.478 e. The summed E-state index contributed by atoms with van der Waals surface area (Å²) in [7, 11) is 0. The smallest absolute Gasteiger partial charge is 0.347 e. The molecule has 0 radical (unpaired) electrons. The number of benzene rings is 2. The van der Waals surface area contributed by atoms with E-state index in [0.717, 1.165) is 3.57 Å². The first-order valence-corrected chi connectivity index (χ1v) is 8.49. The van der Waals surface area contributed by atoms with Gasteiger partial charge in [0.25, 0.3) is 0 Å². The molecular formula is C15H6F4I2O4. The summed E-state index contributed by atoms with van der Waals surface area (Å²) in [6, 6.07) is 3.22. The van der Waals surface area contributed by atoms with Crippen LogP contribution in [-0.4, -0.2) is 17.0 Å². The van der Waals surface area contributed by atoms with E-state index < -0.39 is 46.3 Å². The minimum absolute atomic E-state index is 0.0353. The molecular weight excluding hydrogens is 574 g/mol. The topological polar surface area (TPSA) is 63.6 Å². The monoisotopic (exact) mass is 580 g/mol. The number of carbonyl (C=O) groups is 2. The van der Waals surface area contributed by atoms with Gasteiger partial charge in [0.1, 0.15) is 16.9 Å². The third-order valence-electron chi connectivity index (χ3n) is 3.07. The van der Waals surface area contributed by atoms with E-state index in [2.05, 4.69) is 0 Å². The lowest BCUT2D eigenvalue weighted by Crippen LogP contribution is -2.21. The molecule has 0 aliphatic rings. The fourth-order valence-electron chi connectivity index (χ4n) is 1.99. The zero-order valence-corrected chi connectivity index (χ0v) is 16.4. The van der Waals surface area contributed by atoms with Crippen LogP contribution < -0.4 is 4.74 Å². The number of halogens is 6. The Morgan fingerprint density at radius 2 is 1.48 bits per heavy atom.